The molecule has 1 fully saturated rings. The molecule has 186 valence electrons. The highest BCUT2D eigenvalue weighted by molar-refractivity contribution is 9.10. The van der Waals surface area contributed by atoms with Gasteiger partial charge in [0.25, 0.3) is 0 Å². The summed E-state index contributed by atoms with van der Waals surface area (Å²) in [6.07, 6.45) is 4.88. The first-order chi connectivity index (χ1) is 17.4. The molecule has 1 N–H and O–H groups in total. The summed E-state index contributed by atoms with van der Waals surface area (Å²) < 4.78 is 24.2. The predicted octanol–water partition coefficient (Wildman–Crippen LogP) is 6.63. The van der Waals surface area contributed by atoms with Gasteiger partial charge in [-0.2, -0.15) is 0 Å². The molecular formula is C28H27BrFN3O3. The van der Waals surface area contributed by atoms with E-state index in [-0.39, 0.29) is 18.0 Å². The highest BCUT2D eigenvalue weighted by Crippen LogP contribution is 2.40. The van der Waals surface area contributed by atoms with E-state index in [0.29, 0.717) is 36.5 Å². The Kier molecular flexibility index (Phi) is 7.05. The van der Waals surface area contributed by atoms with Gasteiger partial charge in [-0.15, -0.1) is 0 Å². The van der Waals surface area contributed by atoms with Crippen LogP contribution in [0.1, 0.15) is 54.2 Å². The summed E-state index contributed by atoms with van der Waals surface area (Å²) in [6.45, 7) is 2.62. The maximum Gasteiger partial charge on any atom is 0.307 e. The fraction of sp³-hybridized carbons (Fsp3) is 0.321. The Morgan fingerprint density at radius 1 is 1.17 bits per heavy atom. The number of hydrogen-bond acceptors (Lipinski definition) is 4. The van der Waals surface area contributed by atoms with Crippen molar-refractivity contribution < 1.29 is 19.0 Å². The van der Waals surface area contributed by atoms with E-state index < -0.39 is 17.7 Å². The van der Waals surface area contributed by atoms with Crippen LogP contribution in [0.15, 0.2) is 59.2 Å². The average molecular weight is 552 g/mol. The van der Waals surface area contributed by atoms with Gasteiger partial charge in [-0.05, 0) is 49.1 Å². The quantitative estimate of drug-likeness (QED) is 0.279. The smallest absolute Gasteiger partial charge is 0.307 e. The molecule has 2 aromatic carbocycles. The first-order valence-corrected chi connectivity index (χ1v) is 12.9. The maximum absolute atomic E-state index is 15.3. The molecule has 4 aromatic rings. The Morgan fingerprint density at radius 2 is 1.94 bits per heavy atom. The van der Waals surface area contributed by atoms with Crippen molar-refractivity contribution in [3.63, 3.8) is 0 Å². The first kappa shape index (κ1) is 24.4. The number of carboxylic acids is 1. The summed E-state index contributed by atoms with van der Waals surface area (Å²) >= 11 is 3.47. The predicted molar refractivity (Wildman–Crippen MR) is 139 cm³/mol. The Hall–Kier alpha value is -3.26. The Labute approximate surface area is 217 Å². The monoisotopic (exact) mass is 551 g/mol. The number of hydrogen-bond donors (Lipinski definition) is 1. The van der Waals surface area contributed by atoms with Crippen molar-refractivity contribution in [2.24, 2.45) is 5.92 Å². The number of aromatic nitrogens is 3. The lowest BCUT2D eigenvalue weighted by Crippen LogP contribution is -2.27. The molecule has 0 radical (unpaired) electrons. The number of rotatable bonds is 7. The second-order valence-electron chi connectivity index (χ2n) is 9.41. The molecule has 2 heterocycles. The minimum atomic E-state index is -0.822. The topological polar surface area (TPSA) is 77.2 Å². The molecule has 2 atom stereocenters. The molecule has 36 heavy (non-hydrogen) atoms. The molecule has 0 unspecified atom stereocenters. The van der Waals surface area contributed by atoms with Gasteiger partial charge in [0.1, 0.15) is 23.7 Å². The number of fused-ring (bicyclic) bond motifs is 1. The lowest BCUT2D eigenvalue weighted by atomic mass is 9.78. The Morgan fingerprint density at radius 3 is 2.67 bits per heavy atom. The number of imidazole rings is 1. The van der Waals surface area contributed by atoms with Crippen LogP contribution in [0.4, 0.5) is 4.39 Å². The van der Waals surface area contributed by atoms with Gasteiger partial charge in [0.05, 0.1) is 17.1 Å². The minimum absolute atomic E-state index is 0.211. The van der Waals surface area contributed by atoms with Crippen LogP contribution in [0.5, 0.6) is 5.75 Å². The number of nitrogens with zero attached hydrogens (tertiary/aromatic N) is 3. The highest BCUT2D eigenvalue weighted by atomic mass is 79.9. The van der Waals surface area contributed by atoms with Gasteiger partial charge in [0.15, 0.2) is 5.82 Å². The van der Waals surface area contributed by atoms with Crippen LogP contribution >= 0.6 is 15.9 Å². The van der Waals surface area contributed by atoms with Gasteiger partial charge in [-0.25, -0.2) is 9.37 Å². The van der Waals surface area contributed by atoms with E-state index in [4.69, 9.17) is 9.72 Å². The Bertz CT molecular complexity index is 1390. The van der Waals surface area contributed by atoms with E-state index in [1.807, 2.05) is 47.9 Å². The van der Waals surface area contributed by atoms with E-state index in [2.05, 4.69) is 20.9 Å². The van der Waals surface area contributed by atoms with E-state index in [1.54, 1.807) is 12.3 Å². The number of halogens is 2. The SMILES string of the molecule is Cc1ccc(COc2cc(F)c3nc([C@@H]4CCCC[C@H]4C(=O)O)n(Cc4ccc(Br)cc4)c3c2)nc1. The van der Waals surface area contributed by atoms with Crippen molar-refractivity contribution in [2.75, 3.05) is 0 Å². The van der Waals surface area contributed by atoms with Crippen molar-refractivity contribution >= 4 is 32.9 Å². The van der Waals surface area contributed by atoms with Crippen LogP contribution in [-0.2, 0) is 17.9 Å². The van der Waals surface area contributed by atoms with Gasteiger partial charge in [0.2, 0.25) is 0 Å². The number of aliphatic carboxylic acids is 1. The van der Waals surface area contributed by atoms with E-state index in [1.165, 1.54) is 6.07 Å². The lowest BCUT2D eigenvalue weighted by Gasteiger charge is -2.28. The molecule has 1 aliphatic carbocycles. The van der Waals surface area contributed by atoms with Crippen molar-refractivity contribution in [1.82, 2.24) is 14.5 Å². The highest BCUT2D eigenvalue weighted by Gasteiger charge is 2.35. The molecule has 0 spiro atoms. The molecule has 8 heteroatoms. The molecule has 0 bridgehead atoms. The number of carbonyl (C=O) groups is 1. The molecule has 1 saturated carbocycles. The van der Waals surface area contributed by atoms with Crippen molar-refractivity contribution in [3.8, 4) is 5.75 Å². The van der Waals surface area contributed by atoms with E-state index >= 15 is 4.39 Å². The zero-order valence-corrected chi connectivity index (χ0v) is 21.5. The van der Waals surface area contributed by atoms with Crippen LogP contribution in [0.25, 0.3) is 11.0 Å². The molecular weight excluding hydrogens is 525 g/mol. The average Bonchev–Trinajstić information content (AvgIpc) is 3.23. The lowest BCUT2D eigenvalue weighted by molar-refractivity contribution is -0.143. The molecule has 0 saturated heterocycles. The standard InChI is InChI=1S/C28H27BrFN3O3/c1-17-6-11-20(31-14-17)16-36-21-12-24(30)26-25(13-21)33(15-18-7-9-19(29)10-8-18)27(32-26)22-4-2-3-5-23(22)28(34)35/h6-14,22-23H,2-5,15-16H2,1H3,(H,34,35)/t22-,23-/m1/s1. The zero-order chi connectivity index (χ0) is 25.2. The minimum Gasteiger partial charge on any atom is -0.487 e. The summed E-state index contributed by atoms with van der Waals surface area (Å²) in [5.41, 5.74) is 3.64. The summed E-state index contributed by atoms with van der Waals surface area (Å²) in [4.78, 5) is 21.1. The summed E-state index contributed by atoms with van der Waals surface area (Å²) in [5, 5.41) is 9.91. The second-order valence-corrected chi connectivity index (χ2v) is 10.3. The molecule has 0 aliphatic heterocycles. The summed E-state index contributed by atoms with van der Waals surface area (Å²) in [6, 6.07) is 14.9. The Balaban J connectivity index is 1.57. The number of aryl methyl sites for hydroxylation is 1. The van der Waals surface area contributed by atoms with Crippen molar-refractivity contribution in [2.45, 2.75) is 51.7 Å². The van der Waals surface area contributed by atoms with Crippen molar-refractivity contribution in [3.05, 3.63) is 87.7 Å². The van der Waals surface area contributed by atoms with Gasteiger partial charge in [0, 0.05) is 35.3 Å². The molecule has 0 amide bonds. The van der Waals surface area contributed by atoms with Gasteiger partial charge < -0.3 is 14.4 Å². The maximum atomic E-state index is 15.3. The summed E-state index contributed by atoms with van der Waals surface area (Å²) in [7, 11) is 0. The molecule has 2 aromatic heterocycles. The third kappa shape index (κ3) is 5.14. The fourth-order valence-electron chi connectivity index (χ4n) is 4.96. The second kappa shape index (κ2) is 10.4. The van der Waals surface area contributed by atoms with Crippen molar-refractivity contribution in [1.29, 1.82) is 0 Å². The largest absolute Gasteiger partial charge is 0.487 e. The third-order valence-corrected chi connectivity index (χ3v) is 7.37. The normalized spacial score (nSPS) is 17.9. The first-order valence-electron chi connectivity index (χ1n) is 12.1. The van der Waals surface area contributed by atoms with Crippen LogP contribution in [0.3, 0.4) is 0 Å². The third-order valence-electron chi connectivity index (χ3n) is 6.84. The number of benzene rings is 2. The zero-order valence-electron chi connectivity index (χ0n) is 20.0. The number of ether oxygens (including phenoxy) is 1. The van der Waals surface area contributed by atoms with Crippen LogP contribution in [0.2, 0.25) is 0 Å². The summed E-state index contributed by atoms with van der Waals surface area (Å²) in [5.74, 6) is -1.12. The number of carboxylic acid groups (broad SMARTS) is 1. The van der Waals surface area contributed by atoms with Gasteiger partial charge in [-0.3, -0.25) is 9.78 Å². The van der Waals surface area contributed by atoms with E-state index in [0.717, 1.165) is 34.1 Å². The van der Waals surface area contributed by atoms with E-state index in [9.17, 15) is 9.90 Å². The van der Waals surface area contributed by atoms with Crippen LogP contribution < -0.4 is 4.74 Å². The fourth-order valence-corrected chi connectivity index (χ4v) is 5.22. The molecule has 5 rings (SSSR count). The van der Waals surface area contributed by atoms with Gasteiger partial charge in [-0.1, -0.05) is 47.0 Å². The van der Waals surface area contributed by atoms with Gasteiger partial charge >= 0.3 is 5.97 Å². The number of pyridine rings is 1. The molecule has 1 aliphatic rings. The molecule has 6 nitrogen and oxygen atoms in total. The van der Waals surface area contributed by atoms with Crippen LogP contribution in [0, 0.1) is 18.7 Å². The van der Waals surface area contributed by atoms with Crippen LogP contribution in [-0.4, -0.2) is 25.6 Å².